The lowest BCUT2D eigenvalue weighted by Gasteiger charge is -2.75. The topological polar surface area (TPSA) is 75.0 Å². The fourth-order valence-electron chi connectivity index (χ4n) is 8.91. The van der Waals surface area contributed by atoms with Gasteiger partial charge in [-0.2, -0.15) is 5.26 Å². The standard InChI is InChI=1S/C27H36N2O4/c1-23(2,3)24(4,30)18-14-25-9-10-27(18,32-6)22-26(25)11-12-29(15-28)19(25)13-16-7-8-17(31-5)21(33-22)20(16)26/h7-8,18-19,22,30H,9-14H2,1-6H3/t18?,19-,22?,24?,25?,26+,27?/m1/s1. The largest absolute Gasteiger partial charge is 0.493 e. The molecule has 1 aromatic carbocycles. The molecular weight excluding hydrogens is 416 g/mol. The van der Waals surface area contributed by atoms with Gasteiger partial charge in [0.2, 0.25) is 0 Å². The second-order valence-electron chi connectivity index (χ2n) is 12.3. The zero-order chi connectivity index (χ0) is 23.6. The van der Waals surface area contributed by atoms with Crippen molar-refractivity contribution in [3.63, 3.8) is 0 Å². The van der Waals surface area contributed by atoms with Crippen molar-refractivity contribution >= 4 is 0 Å². The van der Waals surface area contributed by atoms with Crippen LogP contribution in [0.3, 0.4) is 0 Å². The normalized spacial score (nSPS) is 41.6. The Kier molecular flexibility index (Phi) is 4.03. The molecule has 0 radical (unpaired) electrons. The highest BCUT2D eigenvalue weighted by atomic mass is 16.6. The summed E-state index contributed by atoms with van der Waals surface area (Å²) in [5.74, 6) is 1.54. The van der Waals surface area contributed by atoms with E-state index in [2.05, 4.69) is 33.0 Å². The second kappa shape index (κ2) is 6.17. The molecule has 1 N–H and O–H groups in total. The Hall–Kier alpha value is -1.97. The highest BCUT2D eigenvalue weighted by Crippen LogP contribution is 2.77. The molecule has 4 fully saturated rings. The van der Waals surface area contributed by atoms with Crippen molar-refractivity contribution in [3.05, 3.63) is 23.3 Å². The van der Waals surface area contributed by atoms with Gasteiger partial charge in [-0.25, -0.2) is 0 Å². The monoisotopic (exact) mass is 452 g/mol. The molecule has 7 rings (SSSR count). The molecule has 0 aromatic heterocycles. The molecule has 2 aliphatic heterocycles. The van der Waals surface area contributed by atoms with Gasteiger partial charge in [0.05, 0.1) is 12.7 Å². The lowest BCUT2D eigenvalue weighted by atomic mass is 9.33. The van der Waals surface area contributed by atoms with Gasteiger partial charge in [0, 0.05) is 42.0 Å². The van der Waals surface area contributed by atoms with Gasteiger partial charge in [-0.15, -0.1) is 0 Å². The van der Waals surface area contributed by atoms with Crippen LogP contribution >= 0.6 is 0 Å². The Morgan fingerprint density at radius 1 is 1.18 bits per heavy atom. The zero-order valence-corrected chi connectivity index (χ0v) is 20.7. The molecule has 178 valence electrons. The van der Waals surface area contributed by atoms with Crippen LogP contribution in [0.15, 0.2) is 12.1 Å². The maximum Gasteiger partial charge on any atom is 0.179 e. The summed E-state index contributed by atoms with van der Waals surface area (Å²) in [5.41, 5.74) is 0.315. The van der Waals surface area contributed by atoms with Crippen molar-refractivity contribution in [1.29, 1.82) is 5.26 Å². The number of nitrogens with zero attached hydrogens (tertiary/aromatic N) is 2. The number of hydrogen-bond donors (Lipinski definition) is 1. The molecule has 5 unspecified atom stereocenters. The first-order valence-corrected chi connectivity index (χ1v) is 12.3. The molecule has 4 aliphatic carbocycles. The van der Waals surface area contributed by atoms with Gasteiger partial charge < -0.3 is 24.2 Å². The van der Waals surface area contributed by atoms with E-state index in [1.165, 1.54) is 11.1 Å². The molecule has 7 atom stereocenters. The highest BCUT2D eigenvalue weighted by molar-refractivity contribution is 5.63. The second-order valence-corrected chi connectivity index (χ2v) is 12.3. The van der Waals surface area contributed by atoms with E-state index >= 15 is 0 Å². The maximum absolute atomic E-state index is 12.1. The summed E-state index contributed by atoms with van der Waals surface area (Å²) in [6.07, 6.45) is 6.68. The Morgan fingerprint density at radius 3 is 2.58 bits per heavy atom. The van der Waals surface area contributed by atoms with E-state index < -0.39 is 11.2 Å². The van der Waals surface area contributed by atoms with Crippen LogP contribution in [0.25, 0.3) is 0 Å². The van der Waals surface area contributed by atoms with Gasteiger partial charge in [-0.3, -0.25) is 0 Å². The van der Waals surface area contributed by atoms with Crippen LogP contribution in [-0.2, 0) is 16.6 Å². The molecule has 3 saturated carbocycles. The summed E-state index contributed by atoms with van der Waals surface area (Å²) in [6.45, 7) is 9.05. The maximum atomic E-state index is 12.1. The van der Waals surface area contributed by atoms with Crippen LogP contribution in [0.5, 0.6) is 11.5 Å². The summed E-state index contributed by atoms with van der Waals surface area (Å²) in [7, 11) is 3.50. The summed E-state index contributed by atoms with van der Waals surface area (Å²) in [4.78, 5) is 2.03. The van der Waals surface area contributed by atoms with Crippen LogP contribution < -0.4 is 9.47 Å². The quantitative estimate of drug-likeness (QED) is 0.704. The van der Waals surface area contributed by atoms with E-state index in [1.807, 2.05) is 17.9 Å². The molecule has 1 aromatic rings. The molecule has 4 bridgehead atoms. The van der Waals surface area contributed by atoms with Gasteiger partial charge in [-0.1, -0.05) is 26.8 Å². The zero-order valence-electron chi connectivity index (χ0n) is 20.7. The SMILES string of the molecule is COc1ccc2c3c1OC1C4(OC)CCC5(CC4C(C)(O)C(C)(C)C)[C@@H](C2)N(C#N)CC[C@]315. The highest BCUT2D eigenvalue weighted by Gasteiger charge is 2.82. The van der Waals surface area contributed by atoms with Gasteiger partial charge >= 0.3 is 0 Å². The average molecular weight is 453 g/mol. The van der Waals surface area contributed by atoms with Crippen LogP contribution in [0.2, 0.25) is 0 Å². The van der Waals surface area contributed by atoms with Gasteiger partial charge in [-0.05, 0) is 56.1 Å². The molecular formula is C27H36N2O4. The molecule has 33 heavy (non-hydrogen) atoms. The number of benzene rings is 1. The van der Waals surface area contributed by atoms with E-state index in [1.54, 1.807) is 14.2 Å². The molecule has 6 heteroatoms. The number of piperidine rings is 1. The molecule has 6 nitrogen and oxygen atoms in total. The summed E-state index contributed by atoms with van der Waals surface area (Å²) in [5, 5.41) is 22.2. The minimum atomic E-state index is -0.966. The third-order valence-corrected chi connectivity index (χ3v) is 10.9. The van der Waals surface area contributed by atoms with Crippen molar-refractivity contribution in [1.82, 2.24) is 4.90 Å². The third-order valence-electron chi connectivity index (χ3n) is 10.9. The minimum absolute atomic E-state index is 0.107. The first kappa shape index (κ1) is 21.6. The van der Waals surface area contributed by atoms with Crippen molar-refractivity contribution in [2.24, 2.45) is 16.7 Å². The van der Waals surface area contributed by atoms with Crippen LogP contribution in [0, 0.1) is 28.2 Å². The smallest absolute Gasteiger partial charge is 0.179 e. The van der Waals surface area contributed by atoms with E-state index in [0.29, 0.717) is 0 Å². The number of hydrogen-bond acceptors (Lipinski definition) is 6. The number of likely N-dealkylation sites (tertiary alicyclic amines) is 1. The van der Waals surface area contributed by atoms with E-state index in [-0.39, 0.29) is 34.3 Å². The number of methoxy groups -OCH3 is 2. The van der Waals surface area contributed by atoms with Crippen LogP contribution in [-0.4, -0.2) is 54.1 Å². The fraction of sp³-hybridized carbons (Fsp3) is 0.741. The van der Waals surface area contributed by atoms with E-state index in [4.69, 9.17) is 14.2 Å². The lowest BCUT2D eigenvalue weighted by molar-refractivity contribution is -0.309. The van der Waals surface area contributed by atoms with Gasteiger partial charge in [0.15, 0.2) is 17.7 Å². The predicted molar refractivity (Wildman–Crippen MR) is 123 cm³/mol. The minimum Gasteiger partial charge on any atom is -0.493 e. The average Bonchev–Trinajstić information content (AvgIpc) is 3.15. The molecule has 1 saturated heterocycles. The molecule has 0 amide bonds. The summed E-state index contributed by atoms with van der Waals surface area (Å²) in [6, 6.07) is 4.30. The van der Waals surface area contributed by atoms with Crippen molar-refractivity contribution in [3.8, 4) is 17.7 Å². The Morgan fingerprint density at radius 2 is 1.94 bits per heavy atom. The van der Waals surface area contributed by atoms with Crippen LogP contribution in [0.4, 0.5) is 0 Å². The first-order chi connectivity index (χ1) is 15.5. The summed E-state index contributed by atoms with van der Waals surface area (Å²) < 4.78 is 19.3. The summed E-state index contributed by atoms with van der Waals surface area (Å²) >= 11 is 0. The van der Waals surface area contributed by atoms with E-state index in [0.717, 1.165) is 50.1 Å². The van der Waals surface area contributed by atoms with Gasteiger partial charge in [0.25, 0.3) is 0 Å². The lowest BCUT2D eigenvalue weighted by Crippen LogP contribution is -2.83. The third kappa shape index (κ3) is 2.10. The number of fused-ring (bicyclic) bond motifs is 2. The van der Waals surface area contributed by atoms with E-state index in [9.17, 15) is 10.4 Å². The first-order valence-electron chi connectivity index (χ1n) is 12.3. The van der Waals surface area contributed by atoms with Crippen molar-refractivity contribution in [2.75, 3.05) is 20.8 Å². The Labute approximate surface area is 196 Å². The number of nitriles is 1. The van der Waals surface area contributed by atoms with Gasteiger partial charge in [0.1, 0.15) is 11.7 Å². The fourth-order valence-corrected chi connectivity index (χ4v) is 8.91. The number of rotatable bonds is 3. The molecule has 2 spiro atoms. The Balaban J connectivity index is 1.66. The van der Waals surface area contributed by atoms with Crippen molar-refractivity contribution in [2.45, 2.75) is 88.6 Å². The number of ether oxygens (including phenoxy) is 3. The number of aliphatic hydroxyl groups is 1. The predicted octanol–water partition coefficient (Wildman–Crippen LogP) is 3.79. The van der Waals surface area contributed by atoms with Crippen LogP contribution in [0.1, 0.15) is 64.5 Å². The Bertz CT molecular complexity index is 1070. The molecule has 6 aliphatic rings. The molecule has 2 heterocycles. The van der Waals surface area contributed by atoms with Crippen molar-refractivity contribution < 1.29 is 19.3 Å².